The van der Waals surface area contributed by atoms with Crippen molar-refractivity contribution in [3.63, 3.8) is 0 Å². The SMILES string of the molecule is Cc1cccc(NC(=O)[C@H]2Sc3nnc(COc4ccccc4)n3N[C@@H]2c2ccccc2)c1C. The van der Waals surface area contributed by atoms with Crippen LogP contribution in [0.1, 0.15) is 28.6 Å². The zero-order valence-electron chi connectivity index (χ0n) is 18.9. The number of fused-ring (bicyclic) bond motifs is 1. The topological polar surface area (TPSA) is 81.1 Å². The predicted octanol–water partition coefficient (Wildman–Crippen LogP) is 4.87. The smallest absolute Gasteiger partial charge is 0.240 e. The third-order valence-corrected chi connectivity index (χ3v) is 7.11. The molecular weight excluding hydrogens is 446 g/mol. The predicted molar refractivity (Wildman–Crippen MR) is 134 cm³/mol. The summed E-state index contributed by atoms with van der Waals surface area (Å²) < 4.78 is 7.71. The van der Waals surface area contributed by atoms with Crippen molar-refractivity contribution in [1.82, 2.24) is 14.9 Å². The number of nitrogens with zero attached hydrogens (tertiary/aromatic N) is 3. The third-order valence-electron chi connectivity index (χ3n) is 5.89. The second-order valence-electron chi connectivity index (χ2n) is 8.13. The number of nitrogens with one attached hydrogen (secondary N) is 2. The van der Waals surface area contributed by atoms with Crippen molar-refractivity contribution in [2.24, 2.45) is 0 Å². The highest BCUT2D eigenvalue weighted by Crippen LogP contribution is 2.38. The van der Waals surface area contributed by atoms with Gasteiger partial charge in [-0.05, 0) is 48.7 Å². The molecule has 34 heavy (non-hydrogen) atoms. The van der Waals surface area contributed by atoms with Crippen molar-refractivity contribution in [3.8, 4) is 5.75 Å². The molecule has 0 saturated heterocycles. The Morgan fingerprint density at radius 1 is 1.00 bits per heavy atom. The van der Waals surface area contributed by atoms with E-state index in [1.165, 1.54) is 11.8 Å². The van der Waals surface area contributed by atoms with E-state index in [9.17, 15) is 4.79 Å². The van der Waals surface area contributed by atoms with Crippen LogP contribution >= 0.6 is 11.8 Å². The largest absolute Gasteiger partial charge is 0.486 e. The van der Waals surface area contributed by atoms with Crippen molar-refractivity contribution in [3.05, 3.63) is 101 Å². The number of carbonyl (C=O) groups excluding carboxylic acids is 1. The maximum absolute atomic E-state index is 13.5. The number of benzene rings is 3. The Kier molecular flexibility index (Phi) is 6.22. The van der Waals surface area contributed by atoms with Gasteiger partial charge in [-0.1, -0.05) is 72.4 Å². The molecule has 1 aliphatic rings. The monoisotopic (exact) mass is 471 g/mol. The Balaban J connectivity index is 1.42. The fourth-order valence-electron chi connectivity index (χ4n) is 3.86. The van der Waals surface area contributed by atoms with Gasteiger partial charge in [0.1, 0.15) is 17.6 Å². The minimum atomic E-state index is -0.443. The first-order valence-corrected chi connectivity index (χ1v) is 12.0. The molecule has 2 atom stereocenters. The van der Waals surface area contributed by atoms with Crippen LogP contribution in [0.2, 0.25) is 0 Å². The Morgan fingerprint density at radius 2 is 1.74 bits per heavy atom. The number of amides is 1. The molecule has 2 heterocycles. The summed E-state index contributed by atoms with van der Waals surface area (Å²) in [5.41, 5.74) is 7.49. The molecule has 0 bridgehead atoms. The Labute approximate surface area is 202 Å². The number of aryl methyl sites for hydroxylation is 1. The van der Waals surface area contributed by atoms with Crippen LogP contribution in [0, 0.1) is 13.8 Å². The molecule has 0 saturated carbocycles. The Morgan fingerprint density at radius 3 is 2.50 bits per heavy atom. The molecule has 172 valence electrons. The van der Waals surface area contributed by atoms with Gasteiger partial charge < -0.3 is 15.5 Å². The van der Waals surface area contributed by atoms with E-state index in [2.05, 4.69) is 20.9 Å². The van der Waals surface area contributed by atoms with Gasteiger partial charge in [-0.3, -0.25) is 4.79 Å². The molecule has 1 aromatic heterocycles. The van der Waals surface area contributed by atoms with Crippen LogP contribution in [-0.2, 0) is 11.4 Å². The number of anilines is 1. The molecule has 0 fully saturated rings. The molecular formula is C26H25N5O2S. The van der Waals surface area contributed by atoms with Crippen LogP contribution in [0.4, 0.5) is 5.69 Å². The summed E-state index contributed by atoms with van der Waals surface area (Å²) in [5, 5.41) is 11.9. The summed E-state index contributed by atoms with van der Waals surface area (Å²) in [6.45, 7) is 4.31. The molecule has 3 aromatic carbocycles. The lowest BCUT2D eigenvalue weighted by molar-refractivity contribution is -0.116. The lowest BCUT2D eigenvalue weighted by Crippen LogP contribution is -2.41. The fourth-order valence-corrected chi connectivity index (χ4v) is 4.96. The molecule has 5 rings (SSSR count). The van der Waals surface area contributed by atoms with Crippen molar-refractivity contribution >= 4 is 23.4 Å². The number of ether oxygens (including phenoxy) is 1. The van der Waals surface area contributed by atoms with Crippen LogP contribution in [0.25, 0.3) is 0 Å². The van der Waals surface area contributed by atoms with E-state index in [4.69, 9.17) is 4.74 Å². The first kappa shape index (κ1) is 22.0. The van der Waals surface area contributed by atoms with Gasteiger partial charge in [-0.25, -0.2) is 4.68 Å². The highest BCUT2D eigenvalue weighted by molar-refractivity contribution is 8.00. The lowest BCUT2D eigenvalue weighted by Gasteiger charge is -2.33. The Hall–Kier alpha value is -3.78. The number of aromatic nitrogens is 3. The van der Waals surface area contributed by atoms with Gasteiger partial charge in [-0.15, -0.1) is 10.2 Å². The first-order valence-electron chi connectivity index (χ1n) is 11.1. The van der Waals surface area contributed by atoms with E-state index in [1.807, 2.05) is 97.4 Å². The van der Waals surface area contributed by atoms with Gasteiger partial charge in [0.05, 0.1) is 6.04 Å². The van der Waals surface area contributed by atoms with Crippen molar-refractivity contribution in [2.75, 3.05) is 10.7 Å². The summed E-state index contributed by atoms with van der Waals surface area (Å²) in [6, 6.07) is 25.2. The summed E-state index contributed by atoms with van der Waals surface area (Å²) >= 11 is 1.40. The quantitative estimate of drug-likeness (QED) is 0.418. The standard InChI is InChI=1S/C26H25N5O2S/c1-17-10-9-15-21(18(17)2)27-25(32)24-23(19-11-5-3-6-12-19)30-31-22(28-29-26(31)34-24)16-33-20-13-7-4-8-14-20/h3-15,23-24,30H,16H2,1-2H3,(H,27,32)/t23-,24+/m1/s1. The average Bonchev–Trinajstić information content (AvgIpc) is 3.28. The van der Waals surface area contributed by atoms with Crippen LogP contribution in [-0.4, -0.2) is 26.0 Å². The molecule has 0 spiro atoms. The zero-order chi connectivity index (χ0) is 23.5. The number of thioether (sulfide) groups is 1. The highest BCUT2D eigenvalue weighted by atomic mass is 32.2. The number of hydrogen-bond donors (Lipinski definition) is 2. The molecule has 0 aliphatic carbocycles. The molecule has 0 radical (unpaired) electrons. The summed E-state index contributed by atoms with van der Waals surface area (Å²) in [7, 11) is 0. The van der Waals surface area contributed by atoms with E-state index in [0.717, 1.165) is 28.1 Å². The molecule has 2 N–H and O–H groups in total. The number of carbonyl (C=O) groups is 1. The maximum Gasteiger partial charge on any atom is 0.240 e. The van der Waals surface area contributed by atoms with Gasteiger partial charge >= 0.3 is 0 Å². The molecule has 1 amide bonds. The second kappa shape index (κ2) is 9.61. The van der Waals surface area contributed by atoms with E-state index < -0.39 is 5.25 Å². The van der Waals surface area contributed by atoms with Crippen LogP contribution < -0.4 is 15.5 Å². The minimum Gasteiger partial charge on any atom is -0.486 e. The normalized spacial score (nSPS) is 16.9. The van der Waals surface area contributed by atoms with Gasteiger partial charge in [0.2, 0.25) is 11.1 Å². The van der Waals surface area contributed by atoms with E-state index in [0.29, 0.717) is 11.0 Å². The van der Waals surface area contributed by atoms with E-state index in [1.54, 1.807) is 0 Å². The van der Waals surface area contributed by atoms with Gasteiger partial charge in [-0.2, -0.15) is 0 Å². The second-order valence-corrected chi connectivity index (χ2v) is 9.24. The first-order chi connectivity index (χ1) is 16.6. The average molecular weight is 472 g/mol. The van der Waals surface area contributed by atoms with E-state index in [-0.39, 0.29) is 18.6 Å². The van der Waals surface area contributed by atoms with Gasteiger partial charge in [0.25, 0.3) is 0 Å². The third kappa shape index (κ3) is 4.49. The molecule has 7 nitrogen and oxygen atoms in total. The minimum absolute atomic E-state index is 0.0867. The number of para-hydroxylation sites is 1. The van der Waals surface area contributed by atoms with Crippen LogP contribution in [0.3, 0.4) is 0 Å². The van der Waals surface area contributed by atoms with Crippen molar-refractivity contribution in [2.45, 2.75) is 36.9 Å². The summed E-state index contributed by atoms with van der Waals surface area (Å²) in [6.07, 6.45) is 0. The molecule has 1 aliphatic heterocycles. The zero-order valence-corrected chi connectivity index (χ0v) is 19.8. The van der Waals surface area contributed by atoms with Gasteiger partial charge in [0.15, 0.2) is 5.82 Å². The van der Waals surface area contributed by atoms with Crippen LogP contribution in [0.15, 0.2) is 84.0 Å². The summed E-state index contributed by atoms with van der Waals surface area (Å²) in [5.74, 6) is 1.31. The molecule has 0 unspecified atom stereocenters. The highest BCUT2D eigenvalue weighted by Gasteiger charge is 2.38. The van der Waals surface area contributed by atoms with Crippen molar-refractivity contribution in [1.29, 1.82) is 0 Å². The maximum atomic E-state index is 13.5. The lowest BCUT2D eigenvalue weighted by atomic mass is 10.0. The van der Waals surface area contributed by atoms with Gasteiger partial charge in [0, 0.05) is 5.69 Å². The number of hydrogen-bond acceptors (Lipinski definition) is 6. The summed E-state index contributed by atoms with van der Waals surface area (Å²) in [4.78, 5) is 13.5. The molecule has 4 aromatic rings. The van der Waals surface area contributed by atoms with Crippen LogP contribution in [0.5, 0.6) is 5.75 Å². The fraction of sp³-hybridized carbons (Fsp3) is 0.192. The number of rotatable bonds is 6. The Bertz CT molecular complexity index is 1290. The molecule has 8 heteroatoms. The van der Waals surface area contributed by atoms with Crippen molar-refractivity contribution < 1.29 is 9.53 Å². The van der Waals surface area contributed by atoms with E-state index >= 15 is 0 Å².